The van der Waals surface area contributed by atoms with Crippen LogP contribution in [0.15, 0.2) is 29.6 Å². The molecule has 0 saturated carbocycles. The van der Waals surface area contributed by atoms with Crippen molar-refractivity contribution in [2.75, 3.05) is 12.0 Å². The zero-order valence-electron chi connectivity index (χ0n) is 7.93. The lowest BCUT2D eigenvalue weighted by molar-refractivity contribution is 0.206. The average Bonchev–Trinajstić information content (AvgIpc) is 2.61. The van der Waals surface area contributed by atoms with E-state index in [9.17, 15) is 5.11 Å². The maximum Gasteiger partial charge on any atom is 0.0894 e. The molecule has 0 aliphatic heterocycles. The van der Waals surface area contributed by atoms with Gasteiger partial charge in [0.05, 0.1) is 6.10 Å². The number of thiophene rings is 1. The van der Waals surface area contributed by atoms with Gasteiger partial charge in [0.15, 0.2) is 0 Å². The Morgan fingerprint density at radius 2 is 2.21 bits per heavy atom. The topological polar surface area (TPSA) is 20.2 Å². The van der Waals surface area contributed by atoms with Crippen molar-refractivity contribution in [3.05, 3.63) is 35.2 Å². The molecular formula is C11H12OS2. The first kappa shape index (κ1) is 10.0. The number of aliphatic hydroxyl groups excluding tert-OH is 1. The minimum absolute atomic E-state index is 0.332. The number of rotatable bonds is 3. The molecular weight excluding hydrogens is 212 g/mol. The summed E-state index contributed by atoms with van der Waals surface area (Å²) in [5.74, 6) is 0.765. The summed E-state index contributed by atoms with van der Waals surface area (Å²) in [6.45, 7) is 0. The zero-order valence-corrected chi connectivity index (χ0v) is 9.57. The van der Waals surface area contributed by atoms with Gasteiger partial charge in [-0.3, -0.25) is 0 Å². The van der Waals surface area contributed by atoms with Crippen LogP contribution in [0.4, 0.5) is 0 Å². The minimum atomic E-state index is -0.332. The lowest BCUT2D eigenvalue weighted by Gasteiger charge is -2.07. The molecule has 0 bridgehead atoms. The van der Waals surface area contributed by atoms with Gasteiger partial charge in [0.25, 0.3) is 0 Å². The monoisotopic (exact) mass is 224 g/mol. The van der Waals surface area contributed by atoms with Crippen LogP contribution in [0.25, 0.3) is 10.1 Å². The van der Waals surface area contributed by atoms with E-state index in [1.807, 2.05) is 18.4 Å². The Kier molecular flexibility index (Phi) is 3.11. The van der Waals surface area contributed by atoms with Gasteiger partial charge < -0.3 is 5.11 Å². The largest absolute Gasteiger partial charge is 0.387 e. The van der Waals surface area contributed by atoms with Crippen molar-refractivity contribution < 1.29 is 5.11 Å². The quantitative estimate of drug-likeness (QED) is 0.863. The third-order valence-corrected chi connectivity index (χ3v) is 3.83. The Hall–Kier alpha value is -0.510. The average molecular weight is 224 g/mol. The van der Waals surface area contributed by atoms with Gasteiger partial charge in [-0.05, 0) is 28.7 Å². The summed E-state index contributed by atoms with van der Waals surface area (Å²) in [7, 11) is 0. The molecule has 1 aromatic carbocycles. The lowest BCUT2D eigenvalue weighted by atomic mass is 10.1. The summed E-state index contributed by atoms with van der Waals surface area (Å²) in [6.07, 6.45) is 1.68. The highest BCUT2D eigenvalue weighted by Gasteiger charge is 2.11. The number of fused-ring (bicyclic) bond motifs is 1. The normalized spacial score (nSPS) is 13.3. The summed E-state index contributed by atoms with van der Waals surface area (Å²) in [4.78, 5) is 0. The molecule has 1 atom stereocenters. The summed E-state index contributed by atoms with van der Waals surface area (Å²) in [5, 5.41) is 13.1. The third kappa shape index (κ3) is 1.80. The van der Waals surface area contributed by atoms with E-state index in [0.717, 1.165) is 11.3 Å². The molecule has 1 N–H and O–H groups in total. The Morgan fingerprint density at radius 3 is 3.00 bits per heavy atom. The van der Waals surface area contributed by atoms with Crippen LogP contribution in [0, 0.1) is 0 Å². The number of hydrogen-bond acceptors (Lipinski definition) is 3. The SMILES string of the molecule is CSCC(O)c1csc2ccccc12. The molecule has 2 rings (SSSR count). The molecule has 0 aliphatic carbocycles. The van der Waals surface area contributed by atoms with E-state index in [2.05, 4.69) is 17.5 Å². The predicted molar refractivity (Wildman–Crippen MR) is 65.2 cm³/mol. The molecule has 0 radical (unpaired) electrons. The molecule has 0 saturated heterocycles. The zero-order chi connectivity index (χ0) is 9.97. The van der Waals surface area contributed by atoms with Gasteiger partial charge in [-0.15, -0.1) is 11.3 Å². The molecule has 1 nitrogen and oxygen atoms in total. The second-order valence-corrected chi connectivity index (χ2v) is 4.98. The van der Waals surface area contributed by atoms with Gasteiger partial charge in [0, 0.05) is 10.5 Å². The number of thioether (sulfide) groups is 1. The van der Waals surface area contributed by atoms with Crippen LogP contribution in [0.3, 0.4) is 0 Å². The van der Waals surface area contributed by atoms with E-state index in [4.69, 9.17) is 0 Å². The van der Waals surface area contributed by atoms with Crippen LogP contribution < -0.4 is 0 Å². The Labute approximate surface area is 91.8 Å². The summed E-state index contributed by atoms with van der Waals surface area (Å²) in [6, 6.07) is 8.22. The maximum atomic E-state index is 9.89. The second kappa shape index (κ2) is 4.34. The predicted octanol–water partition coefficient (Wildman–Crippen LogP) is 3.30. The van der Waals surface area contributed by atoms with Crippen molar-refractivity contribution in [1.29, 1.82) is 0 Å². The van der Waals surface area contributed by atoms with E-state index < -0.39 is 0 Å². The van der Waals surface area contributed by atoms with Crippen molar-refractivity contribution in [1.82, 2.24) is 0 Å². The van der Waals surface area contributed by atoms with Gasteiger partial charge in [0.2, 0.25) is 0 Å². The van der Waals surface area contributed by atoms with Crippen molar-refractivity contribution >= 4 is 33.2 Å². The molecule has 3 heteroatoms. The maximum absolute atomic E-state index is 9.89. The molecule has 0 fully saturated rings. The van der Waals surface area contributed by atoms with Crippen LogP contribution in [0.2, 0.25) is 0 Å². The van der Waals surface area contributed by atoms with Crippen molar-refractivity contribution in [3.8, 4) is 0 Å². The molecule has 0 spiro atoms. The van der Waals surface area contributed by atoms with Crippen molar-refractivity contribution in [2.24, 2.45) is 0 Å². The van der Waals surface area contributed by atoms with Gasteiger partial charge in [-0.25, -0.2) is 0 Å². The van der Waals surface area contributed by atoms with E-state index in [1.54, 1.807) is 23.1 Å². The Morgan fingerprint density at radius 1 is 1.43 bits per heavy atom. The summed E-state index contributed by atoms with van der Waals surface area (Å²) in [5.41, 5.74) is 1.07. The minimum Gasteiger partial charge on any atom is -0.387 e. The highest BCUT2D eigenvalue weighted by molar-refractivity contribution is 7.98. The molecule has 2 aromatic rings. The fourth-order valence-corrected chi connectivity index (χ4v) is 3.01. The molecule has 0 amide bonds. The van der Waals surface area contributed by atoms with Crippen LogP contribution in [-0.4, -0.2) is 17.1 Å². The van der Waals surface area contributed by atoms with Crippen molar-refractivity contribution in [2.45, 2.75) is 6.10 Å². The second-order valence-electron chi connectivity index (χ2n) is 3.16. The van der Waals surface area contributed by atoms with E-state index in [1.165, 1.54) is 10.1 Å². The molecule has 1 unspecified atom stereocenters. The summed E-state index contributed by atoms with van der Waals surface area (Å²) >= 11 is 3.37. The molecule has 1 aromatic heterocycles. The van der Waals surface area contributed by atoms with Crippen LogP contribution in [-0.2, 0) is 0 Å². The smallest absolute Gasteiger partial charge is 0.0894 e. The third-order valence-electron chi connectivity index (χ3n) is 2.19. The van der Waals surface area contributed by atoms with E-state index in [-0.39, 0.29) is 6.10 Å². The first-order valence-electron chi connectivity index (χ1n) is 4.46. The molecule has 74 valence electrons. The fraction of sp³-hybridized carbons (Fsp3) is 0.273. The first-order valence-corrected chi connectivity index (χ1v) is 6.73. The van der Waals surface area contributed by atoms with Crippen LogP contribution >= 0.6 is 23.1 Å². The van der Waals surface area contributed by atoms with E-state index in [0.29, 0.717) is 0 Å². The number of hydrogen-bond donors (Lipinski definition) is 1. The lowest BCUT2D eigenvalue weighted by Crippen LogP contribution is -1.98. The summed E-state index contributed by atoms with van der Waals surface area (Å²) < 4.78 is 1.25. The standard InChI is InChI=1S/C11H12OS2/c1-13-7-10(12)9-6-14-11-5-3-2-4-8(9)11/h2-6,10,12H,7H2,1H3. The van der Waals surface area contributed by atoms with E-state index >= 15 is 0 Å². The highest BCUT2D eigenvalue weighted by Crippen LogP contribution is 2.31. The molecule has 14 heavy (non-hydrogen) atoms. The van der Waals surface area contributed by atoms with Gasteiger partial charge in [-0.1, -0.05) is 18.2 Å². The van der Waals surface area contributed by atoms with Crippen molar-refractivity contribution in [3.63, 3.8) is 0 Å². The molecule has 1 heterocycles. The number of aliphatic hydroxyl groups is 1. The highest BCUT2D eigenvalue weighted by atomic mass is 32.2. The Bertz CT molecular complexity index is 422. The van der Waals surface area contributed by atoms with Crippen LogP contribution in [0.5, 0.6) is 0 Å². The van der Waals surface area contributed by atoms with Gasteiger partial charge >= 0.3 is 0 Å². The fourth-order valence-electron chi connectivity index (χ4n) is 1.50. The number of benzene rings is 1. The van der Waals surface area contributed by atoms with Gasteiger partial charge in [0.1, 0.15) is 0 Å². The van der Waals surface area contributed by atoms with Crippen LogP contribution in [0.1, 0.15) is 11.7 Å². The Balaban J connectivity index is 2.42. The van der Waals surface area contributed by atoms with Gasteiger partial charge in [-0.2, -0.15) is 11.8 Å². The first-order chi connectivity index (χ1) is 6.83. The molecule has 0 aliphatic rings.